The van der Waals surface area contributed by atoms with Crippen LogP contribution in [0.1, 0.15) is 45.2 Å². The fourth-order valence-corrected chi connectivity index (χ4v) is 3.61. The molecule has 2 heteroatoms. The monoisotopic (exact) mass is 286 g/mol. The molecule has 0 bridgehead atoms. The first-order valence-electron chi connectivity index (χ1n) is 7.86. The number of hydrogen-bond donors (Lipinski definition) is 0. The maximum absolute atomic E-state index is 12.1. The molecular formula is C19H26O2. The van der Waals surface area contributed by atoms with Crippen molar-refractivity contribution in [2.45, 2.75) is 52.6 Å². The lowest BCUT2D eigenvalue weighted by Gasteiger charge is -2.41. The smallest absolute Gasteiger partial charge is 0.333 e. The first-order valence-corrected chi connectivity index (χ1v) is 7.86. The van der Waals surface area contributed by atoms with Crippen molar-refractivity contribution < 1.29 is 9.53 Å². The number of carbonyl (C=O) groups excluding carboxylic acids is 1. The van der Waals surface area contributed by atoms with Gasteiger partial charge in [-0.15, -0.1) is 0 Å². The van der Waals surface area contributed by atoms with Crippen molar-refractivity contribution in [3.8, 4) is 0 Å². The maximum Gasteiger partial charge on any atom is 0.333 e. The van der Waals surface area contributed by atoms with Gasteiger partial charge in [0.15, 0.2) is 0 Å². The minimum Gasteiger partial charge on any atom is -0.455 e. The molecule has 0 N–H and O–H groups in total. The molecule has 1 aliphatic rings. The van der Waals surface area contributed by atoms with E-state index in [0.29, 0.717) is 11.5 Å². The van der Waals surface area contributed by atoms with Gasteiger partial charge in [0.05, 0.1) is 0 Å². The fourth-order valence-electron chi connectivity index (χ4n) is 3.61. The van der Waals surface area contributed by atoms with E-state index in [1.54, 1.807) is 6.92 Å². The van der Waals surface area contributed by atoms with Crippen LogP contribution in [0.5, 0.6) is 0 Å². The van der Waals surface area contributed by atoms with Crippen molar-refractivity contribution in [1.29, 1.82) is 0 Å². The number of esters is 1. The Hall–Kier alpha value is -1.57. The molecule has 0 aromatic heterocycles. The van der Waals surface area contributed by atoms with Gasteiger partial charge in [-0.3, -0.25) is 0 Å². The van der Waals surface area contributed by atoms with Crippen LogP contribution in [0.25, 0.3) is 0 Å². The largest absolute Gasteiger partial charge is 0.455 e. The Kier molecular flexibility index (Phi) is 4.55. The number of fused-ring (bicyclic) bond motifs is 1. The number of hydrogen-bond acceptors (Lipinski definition) is 2. The van der Waals surface area contributed by atoms with Crippen molar-refractivity contribution in [3.05, 3.63) is 47.5 Å². The third-order valence-corrected chi connectivity index (χ3v) is 4.90. The molecule has 0 aliphatic heterocycles. The van der Waals surface area contributed by atoms with Crippen LogP contribution in [0.2, 0.25) is 0 Å². The topological polar surface area (TPSA) is 26.3 Å². The highest BCUT2D eigenvalue weighted by atomic mass is 16.6. The summed E-state index contributed by atoms with van der Waals surface area (Å²) in [6, 6.07) is 8.56. The van der Waals surface area contributed by atoms with E-state index in [-0.39, 0.29) is 11.9 Å². The van der Waals surface area contributed by atoms with Gasteiger partial charge in [0.25, 0.3) is 0 Å². The molecule has 2 rings (SSSR count). The average molecular weight is 286 g/mol. The van der Waals surface area contributed by atoms with Crippen LogP contribution in [0.15, 0.2) is 36.4 Å². The minimum absolute atomic E-state index is 0.262. The Morgan fingerprint density at radius 2 is 1.86 bits per heavy atom. The van der Waals surface area contributed by atoms with Gasteiger partial charge in [-0.25, -0.2) is 4.79 Å². The summed E-state index contributed by atoms with van der Waals surface area (Å²) in [6.45, 7) is 11.9. The maximum atomic E-state index is 12.1. The number of rotatable bonds is 5. The summed E-state index contributed by atoms with van der Waals surface area (Å²) in [7, 11) is 0. The Labute approximate surface area is 128 Å². The van der Waals surface area contributed by atoms with Gasteiger partial charge in [-0.05, 0) is 43.2 Å². The van der Waals surface area contributed by atoms with E-state index in [4.69, 9.17) is 4.74 Å². The zero-order valence-corrected chi connectivity index (χ0v) is 13.6. The molecule has 0 spiro atoms. The van der Waals surface area contributed by atoms with Crippen LogP contribution in [0.3, 0.4) is 0 Å². The van der Waals surface area contributed by atoms with E-state index in [2.05, 4.69) is 51.6 Å². The normalized spacial score (nSPS) is 17.4. The molecule has 0 saturated carbocycles. The van der Waals surface area contributed by atoms with E-state index in [1.807, 2.05) is 0 Å². The number of benzene rings is 1. The molecule has 0 amide bonds. The molecule has 1 aliphatic carbocycles. The van der Waals surface area contributed by atoms with E-state index in [1.165, 1.54) is 11.1 Å². The molecule has 1 atom stereocenters. The highest BCUT2D eigenvalue weighted by molar-refractivity contribution is 5.87. The highest BCUT2D eigenvalue weighted by Crippen LogP contribution is 2.42. The predicted octanol–water partition coefficient (Wildman–Crippen LogP) is 4.33. The van der Waals surface area contributed by atoms with E-state index in [0.717, 1.165) is 19.3 Å². The molecule has 0 fully saturated rings. The molecule has 2 nitrogen and oxygen atoms in total. The second-order valence-electron chi connectivity index (χ2n) is 6.51. The highest BCUT2D eigenvalue weighted by Gasteiger charge is 2.46. The van der Waals surface area contributed by atoms with Crippen molar-refractivity contribution in [3.63, 3.8) is 0 Å². The summed E-state index contributed by atoms with van der Waals surface area (Å²) in [5.41, 5.74) is 2.86. The van der Waals surface area contributed by atoms with Gasteiger partial charge >= 0.3 is 5.97 Å². The van der Waals surface area contributed by atoms with Crippen LogP contribution in [-0.2, 0) is 22.4 Å². The molecule has 1 aromatic rings. The second kappa shape index (κ2) is 6.05. The average Bonchev–Trinajstić information content (AvgIpc) is 2.88. The summed E-state index contributed by atoms with van der Waals surface area (Å²) >= 11 is 0. The zero-order chi connectivity index (χ0) is 15.6. The molecule has 1 aromatic carbocycles. The Balaban J connectivity index is 2.30. The predicted molar refractivity (Wildman–Crippen MR) is 86.1 cm³/mol. The van der Waals surface area contributed by atoms with Crippen molar-refractivity contribution in [1.82, 2.24) is 0 Å². The van der Waals surface area contributed by atoms with Gasteiger partial charge in [-0.1, -0.05) is 51.6 Å². The lowest BCUT2D eigenvalue weighted by atomic mass is 9.74. The quantitative estimate of drug-likeness (QED) is 0.595. The first-order chi connectivity index (χ1) is 9.90. The van der Waals surface area contributed by atoms with Crippen LogP contribution in [-0.4, -0.2) is 11.6 Å². The van der Waals surface area contributed by atoms with Crippen LogP contribution < -0.4 is 0 Å². The van der Waals surface area contributed by atoms with Gasteiger partial charge in [0.2, 0.25) is 0 Å². The summed E-state index contributed by atoms with van der Waals surface area (Å²) in [4.78, 5) is 12.1. The van der Waals surface area contributed by atoms with Crippen LogP contribution in [0.4, 0.5) is 0 Å². The van der Waals surface area contributed by atoms with Crippen molar-refractivity contribution in [2.24, 2.45) is 11.8 Å². The number of carbonyl (C=O) groups is 1. The van der Waals surface area contributed by atoms with E-state index in [9.17, 15) is 4.79 Å². The molecule has 0 saturated heterocycles. The summed E-state index contributed by atoms with van der Waals surface area (Å²) in [5.74, 6) is 0.370. The van der Waals surface area contributed by atoms with E-state index < -0.39 is 5.60 Å². The third-order valence-electron chi connectivity index (χ3n) is 4.90. The summed E-state index contributed by atoms with van der Waals surface area (Å²) < 4.78 is 5.99. The SMILES string of the molecule is C=C(C)C(=O)OC(CC)(C(C)C)C1Cc2ccccc2C1. The van der Waals surface area contributed by atoms with Crippen molar-refractivity contribution in [2.75, 3.05) is 0 Å². The zero-order valence-electron chi connectivity index (χ0n) is 13.6. The van der Waals surface area contributed by atoms with Gasteiger partial charge < -0.3 is 4.74 Å². The van der Waals surface area contributed by atoms with E-state index >= 15 is 0 Å². The number of ether oxygens (including phenoxy) is 1. The van der Waals surface area contributed by atoms with Crippen molar-refractivity contribution >= 4 is 5.97 Å². The molecule has 0 radical (unpaired) electrons. The molecule has 1 unspecified atom stereocenters. The molecule has 114 valence electrons. The standard InChI is InChI=1S/C19H26O2/c1-6-19(14(4)5,21-18(20)13(2)3)17-11-15-9-7-8-10-16(15)12-17/h7-10,14,17H,2,6,11-12H2,1,3-5H3. The molecule has 0 heterocycles. The second-order valence-corrected chi connectivity index (χ2v) is 6.51. The van der Waals surface area contributed by atoms with Gasteiger partial charge in [-0.2, -0.15) is 0 Å². The summed E-state index contributed by atoms with van der Waals surface area (Å²) in [6.07, 6.45) is 2.82. The Bertz CT molecular complexity index is 519. The summed E-state index contributed by atoms with van der Waals surface area (Å²) in [5, 5.41) is 0. The van der Waals surface area contributed by atoms with Crippen LogP contribution in [0, 0.1) is 11.8 Å². The Morgan fingerprint density at radius 1 is 1.33 bits per heavy atom. The molecule has 21 heavy (non-hydrogen) atoms. The first kappa shape index (κ1) is 15.8. The van der Waals surface area contributed by atoms with Crippen LogP contribution >= 0.6 is 0 Å². The van der Waals surface area contributed by atoms with Gasteiger partial charge in [0, 0.05) is 11.5 Å². The third kappa shape index (κ3) is 2.90. The van der Waals surface area contributed by atoms with Gasteiger partial charge in [0.1, 0.15) is 5.60 Å². The Morgan fingerprint density at radius 3 is 2.24 bits per heavy atom. The lowest BCUT2D eigenvalue weighted by Crippen LogP contribution is -2.47. The fraction of sp³-hybridized carbons (Fsp3) is 0.526. The molecular weight excluding hydrogens is 260 g/mol. The lowest BCUT2D eigenvalue weighted by molar-refractivity contribution is -0.169. The minimum atomic E-state index is -0.408.